The Kier molecular flexibility index (Phi) is 2.54. The fourth-order valence-electron chi connectivity index (χ4n) is 2.45. The average molecular weight is 244 g/mol. The first kappa shape index (κ1) is 11.5. The smallest absolute Gasteiger partial charge is 0.154 e. The zero-order valence-corrected chi connectivity index (χ0v) is 11.3. The fraction of sp³-hybridized carbons (Fsp3) is 0.571. The van der Waals surface area contributed by atoms with E-state index in [4.69, 9.17) is 0 Å². The Morgan fingerprint density at radius 2 is 1.89 bits per heavy atom. The number of anilines is 1. The average Bonchev–Trinajstić information content (AvgIpc) is 2.96. The Labute approximate surface area is 108 Å². The molecule has 0 radical (unpaired) electrons. The third-order valence-electron chi connectivity index (χ3n) is 3.54. The van der Waals surface area contributed by atoms with Gasteiger partial charge in [-0.15, -0.1) is 0 Å². The van der Waals surface area contributed by atoms with Crippen molar-refractivity contribution >= 4 is 11.3 Å². The number of fused-ring (bicyclic) bond motifs is 1. The molecule has 0 bridgehead atoms. The van der Waals surface area contributed by atoms with Gasteiger partial charge in [0.15, 0.2) is 5.82 Å². The van der Waals surface area contributed by atoms with E-state index < -0.39 is 0 Å². The predicted molar refractivity (Wildman–Crippen MR) is 73.1 cm³/mol. The highest BCUT2D eigenvalue weighted by molar-refractivity contribution is 5.69. The maximum absolute atomic E-state index is 4.67. The van der Waals surface area contributed by atoms with Crippen LogP contribution >= 0.6 is 0 Å². The number of hydrogen-bond donors (Lipinski definition) is 0. The van der Waals surface area contributed by atoms with E-state index in [9.17, 15) is 0 Å². The molecule has 3 heterocycles. The summed E-state index contributed by atoms with van der Waals surface area (Å²) >= 11 is 0. The van der Waals surface area contributed by atoms with Gasteiger partial charge in [-0.25, -0.2) is 9.50 Å². The lowest BCUT2D eigenvalue weighted by Gasteiger charge is -2.16. The molecule has 0 N–H and O–H groups in total. The quantitative estimate of drug-likeness (QED) is 0.773. The van der Waals surface area contributed by atoms with Crippen LogP contribution in [0.3, 0.4) is 0 Å². The van der Waals surface area contributed by atoms with E-state index in [1.807, 2.05) is 16.9 Å². The highest BCUT2D eigenvalue weighted by atomic mass is 15.3. The summed E-state index contributed by atoms with van der Waals surface area (Å²) in [5.74, 6) is 1.08. The molecule has 1 aliphatic heterocycles. The molecule has 0 unspecified atom stereocenters. The Morgan fingerprint density at radius 3 is 2.56 bits per heavy atom. The molecular weight excluding hydrogens is 224 g/mol. The van der Waals surface area contributed by atoms with Gasteiger partial charge in [-0.3, -0.25) is 0 Å². The van der Waals surface area contributed by atoms with Crippen LogP contribution in [0.2, 0.25) is 0 Å². The minimum atomic E-state index is 0.0777. The second-order valence-electron chi connectivity index (χ2n) is 6.05. The van der Waals surface area contributed by atoms with Crippen molar-refractivity contribution in [1.29, 1.82) is 0 Å². The van der Waals surface area contributed by atoms with E-state index in [0.717, 1.165) is 30.1 Å². The summed E-state index contributed by atoms with van der Waals surface area (Å²) in [5, 5.41) is 4.67. The summed E-state index contributed by atoms with van der Waals surface area (Å²) in [6.07, 6.45) is 6.32. The monoisotopic (exact) mass is 244 g/mol. The number of nitrogens with zero attached hydrogens (tertiary/aromatic N) is 4. The Balaban J connectivity index is 2.12. The molecule has 0 saturated carbocycles. The van der Waals surface area contributed by atoms with Crippen LogP contribution in [-0.2, 0) is 5.41 Å². The minimum absolute atomic E-state index is 0.0777. The highest BCUT2D eigenvalue weighted by Gasteiger charge is 2.21. The maximum Gasteiger partial charge on any atom is 0.154 e. The van der Waals surface area contributed by atoms with Gasteiger partial charge in [0, 0.05) is 30.9 Å². The van der Waals surface area contributed by atoms with Crippen LogP contribution in [0.4, 0.5) is 5.82 Å². The van der Waals surface area contributed by atoms with Crippen LogP contribution in [0.25, 0.3) is 5.52 Å². The number of rotatable bonds is 1. The Hall–Kier alpha value is -1.58. The van der Waals surface area contributed by atoms with Crippen molar-refractivity contribution in [2.45, 2.75) is 39.0 Å². The van der Waals surface area contributed by atoms with E-state index in [1.165, 1.54) is 12.8 Å². The van der Waals surface area contributed by atoms with Crippen LogP contribution in [0.5, 0.6) is 0 Å². The van der Waals surface area contributed by atoms with Crippen molar-refractivity contribution in [3.8, 4) is 0 Å². The van der Waals surface area contributed by atoms with Gasteiger partial charge in [-0.05, 0) is 18.9 Å². The molecular formula is C14H20N4. The van der Waals surface area contributed by atoms with E-state index in [1.54, 1.807) is 0 Å². The molecule has 2 aromatic rings. The lowest BCUT2D eigenvalue weighted by Crippen LogP contribution is -2.19. The maximum atomic E-state index is 4.67. The van der Waals surface area contributed by atoms with Crippen molar-refractivity contribution in [2.24, 2.45) is 0 Å². The summed E-state index contributed by atoms with van der Waals surface area (Å²) in [4.78, 5) is 6.91. The van der Waals surface area contributed by atoms with Crippen molar-refractivity contribution in [3.05, 3.63) is 24.2 Å². The van der Waals surface area contributed by atoms with E-state index in [2.05, 4.69) is 41.8 Å². The zero-order valence-electron chi connectivity index (χ0n) is 11.3. The molecule has 0 spiro atoms. The van der Waals surface area contributed by atoms with E-state index in [0.29, 0.717) is 0 Å². The van der Waals surface area contributed by atoms with Crippen molar-refractivity contribution in [3.63, 3.8) is 0 Å². The second-order valence-corrected chi connectivity index (χ2v) is 6.05. The minimum Gasteiger partial charge on any atom is -0.355 e. The summed E-state index contributed by atoms with van der Waals surface area (Å²) in [6, 6.07) is 2.18. The molecule has 0 atom stereocenters. The lowest BCUT2D eigenvalue weighted by atomic mass is 9.92. The molecule has 0 amide bonds. The summed E-state index contributed by atoms with van der Waals surface area (Å²) < 4.78 is 1.96. The van der Waals surface area contributed by atoms with Gasteiger partial charge in [-0.2, -0.15) is 5.10 Å². The highest BCUT2D eigenvalue weighted by Crippen LogP contribution is 2.27. The first-order valence-electron chi connectivity index (χ1n) is 6.65. The topological polar surface area (TPSA) is 33.4 Å². The first-order valence-corrected chi connectivity index (χ1v) is 6.65. The third-order valence-corrected chi connectivity index (χ3v) is 3.54. The first-order chi connectivity index (χ1) is 8.55. The molecule has 0 aliphatic carbocycles. The lowest BCUT2D eigenvalue weighted by molar-refractivity contribution is 0.562. The number of aromatic nitrogens is 3. The predicted octanol–water partition coefficient (Wildman–Crippen LogP) is 2.63. The number of hydrogen-bond acceptors (Lipinski definition) is 3. The standard InChI is InChI=1S/C14H20N4/c1-14(2,3)12-10-11-13(17-7-4-5-8-17)15-6-9-18(11)16-12/h6,9-10H,4-5,7-8H2,1-3H3. The summed E-state index contributed by atoms with van der Waals surface area (Å²) in [6.45, 7) is 8.80. The van der Waals surface area contributed by atoms with Crippen molar-refractivity contribution in [2.75, 3.05) is 18.0 Å². The van der Waals surface area contributed by atoms with Gasteiger partial charge in [0.1, 0.15) is 5.52 Å². The van der Waals surface area contributed by atoms with Gasteiger partial charge in [0.2, 0.25) is 0 Å². The third kappa shape index (κ3) is 1.85. The zero-order chi connectivity index (χ0) is 12.8. The van der Waals surface area contributed by atoms with Gasteiger partial charge in [-0.1, -0.05) is 20.8 Å². The van der Waals surface area contributed by atoms with Crippen LogP contribution < -0.4 is 4.90 Å². The SMILES string of the molecule is CC(C)(C)c1cc2c(N3CCCC3)nccn2n1. The molecule has 1 saturated heterocycles. The Bertz CT molecular complexity index is 559. The van der Waals surface area contributed by atoms with Crippen LogP contribution in [-0.4, -0.2) is 27.7 Å². The molecule has 3 rings (SSSR count). The largest absolute Gasteiger partial charge is 0.355 e. The molecule has 18 heavy (non-hydrogen) atoms. The van der Waals surface area contributed by atoms with E-state index >= 15 is 0 Å². The molecule has 0 aromatic carbocycles. The molecule has 1 fully saturated rings. The van der Waals surface area contributed by atoms with Crippen molar-refractivity contribution in [1.82, 2.24) is 14.6 Å². The second kappa shape index (κ2) is 3.97. The molecule has 96 valence electrons. The van der Waals surface area contributed by atoms with Gasteiger partial charge in [0.05, 0.1) is 5.69 Å². The normalized spacial score (nSPS) is 16.7. The van der Waals surface area contributed by atoms with E-state index in [-0.39, 0.29) is 5.41 Å². The van der Waals surface area contributed by atoms with Gasteiger partial charge >= 0.3 is 0 Å². The summed E-state index contributed by atoms with van der Waals surface area (Å²) in [5.41, 5.74) is 2.33. The van der Waals surface area contributed by atoms with Gasteiger partial charge in [0.25, 0.3) is 0 Å². The van der Waals surface area contributed by atoms with Crippen LogP contribution in [0.15, 0.2) is 18.5 Å². The summed E-state index contributed by atoms with van der Waals surface area (Å²) in [7, 11) is 0. The van der Waals surface area contributed by atoms with Crippen molar-refractivity contribution < 1.29 is 0 Å². The fourth-order valence-corrected chi connectivity index (χ4v) is 2.45. The molecule has 4 heteroatoms. The Morgan fingerprint density at radius 1 is 1.17 bits per heavy atom. The molecule has 4 nitrogen and oxygen atoms in total. The van der Waals surface area contributed by atoms with Crippen LogP contribution in [0.1, 0.15) is 39.3 Å². The molecule has 2 aromatic heterocycles. The molecule has 1 aliphatic rings. The van der Waals surface area contributed by atoms with Gasteiger partial charge < -0.3 is 4.90 Å². The van der Waals surface area contributed by atoms with Crippen LogP contribution in [0, 0.1) is 0 Å².